The van der Waals surface area contributed by atoms with Crippen molar-refractivity contribution in [3.8, 4) is 11.5 Å². The van der Waals surface area contributed by atoms with E-state index in [4.69, 9.17) is 16.3 Å². The molecular formula is C15H15ClFNO2. The van der Waals surface area contributed by atoms with Crippen molar-refractivity contribution in [3.05, 3.63) is 52.8 Å². The first-order valence-electron chi connectivity index (χ1n) is 6.09. The number of ether oxygens (including phenoxy) is 1. The van der Waals surface area contributed by atoms with E-state index in [9.17, 15) is 9.50 Å². The minimum atomic E-state index is -0.449. The second kappa shape index (κ2) is 6.01. The largest absolute Gasteiger partial charge is 0.504 e. The number of anilines is 1. The van der Waals surface area contributed by atoms with E-state index >= 15 is 0 Å². The summed E-state index contributed by atoms with van der Waals surface area (Å²) in [4.78, 5) is 0. The van der Waals surface area contributed by atoms with E-state index in [2.05, 4.69) is 5.32 Å². The molecule has 2 aromatic carbocycles. The predicted molar refractivity (Wildman–Crippen MR) is 78.1 cm³/mol. The van der Waals surface area contributed by atoms with Crippen molar-refractivity contribution in [2.24, 2.45) is 0 Å². The molecule has 0 aliphatic rings. The number of rotatable bonds is 4. The van der Waals surface area contributed by atoms with Gasteiger partial charge in [0.15, 0.2) is 11.5 Å². The molecule has 0 saturated heterocycles. The number of phenols is 1. The first-order valence-corrected chi connectivity index (χ1v) is 6.47. The summed E-state index contributed by atoms with van der Waals surface area (Å²) in [6, 6.07) is 9.54. The van der Waals surface area contributed by atoms with Crippen LogP contribution in [0.4, 0.5) is 10.1 Å². The number of methoxy groups -OCH3 is 1. The molecule has 1 atom stereocenters. The van der Waals surface area contributed by atoms with Crippen LogP contribution in [0.25, 0.3) is 0 Å². The molecule has 0 radical (unpaired) electrons. The second-order valence-electron chi connectivity index (χ2n) is 4.43. The highest BCUT2D eigenvalue weighted by atomic mass is 35.5. The highest BCUT2D eigenvalue weighted by Gasteiger charge is 2.10. The Balaban J connectivity index is 2.16. The molecular weight excluding hydrogens is 281 g/mol. The molecule has 0 saturated carbocycles. The number of benzene rings is 2. The van der Waals surface area contributed by atoms with Gasteiger partial charge < -0.3 is 15.2 Å². The van der Waals surface area contributed by atoms with Crippen LogP contribution in [0, 0.1) is 5.82 Å². The van der Waals surface area contributed by atoms with Crippen LogP contribution in [0.1, 0.15) is 18.5 Å². The van der Waals surface area contributed by atoms with Crippen molar-refractivity contribution in [2.75, 3.05) is 12.4 Å². The van der Waals surface area contributed by atoms with Gasteiger partial charge in [-0.05, 0) is 36.8 Å². The van der Waals surface area contributed by atoms with Crippen LogP contribution in [-0.2, 0) is 0 Å². The summed E-state index contributed by atoms with van der Waals surface area (Å²) >= 11 is 5.66. The fourth-order valence-corrected chi connectivity index (χ4v) is 2.01. The van der Waals surface area contributed by atoms with E-state index in [1.165, 1.54) is 19.2 Å². The number of hydrogen-bond donors (Lipinski definition) is 2. The van der Waals surface area contributed by atoms with Gasteiger partial charge >= 0.3 is 0 Å². The topological polar surface area (TPSA) is 41.5 Å². The zero-order valence-corrected chi connectivity index (χ0v) is 11.9. The Labute approximate surface area is 122 Å². The predicted octanol–water partition coefficient (Wildman–Crippen LogP) is 4.37. The molecule has 0 bridgehead atoms. The lowest BCUT2D eigenvalue weighted by molar-refractivity contribution is 0.373. The molecule has 0 heterocycles. The summed E-state index contributed by atoms with van der Waals surface area (Å²) in [7, 11) is 1.49. The van der Waals surface area contributed by atoms with E-state index in [1.807, 2.05) is 6.92 Å². The Kier molecular flexibility index (Phi) is 4.35. The Morgan fingerprint density at radius 1 is 1.25 bits per heavy atom. The summed E-state index contributed by atoms with van der Waals surface area (Å²) in [5, 5.41) is 13.0. The third-order valence-corrected chi connectivity index (χ3v) is 3.31. The number of hydrogen-bond acceptors (Lipinski definition) is 3. The number of nitrogens with one attached hydrogen (secondary N) is 1. The first kappa shape index (κ1) is 14.5. The lowest BCUT2D eigenvalue weighted by atomic mass is 10.1. The minimum absolute atomic E-state index is 0.0481. The Hall–Kier alpha value is -1.94. The number of halogens is 2. The van der Waals surface area contributed by atoms with Crippen molar-refractivity contribution in [2.45, 2.75) is 13.0 Å². The van der Waals surface area contributed by atoms with Gasteiger partial charge in [-0.2, -0.15) is 0 Å². The quantitative estimate of drug-likeness (QED) is 0.880. The van der Waals surface area contributed by atoms with E-state index in [-0.39, 0.29) is 16.8 Å². The maximum Gasteiger partial charge on any atom is 0.160 e. The van der Waals surface area contributed by atoms with Gasteiger partial charge in [0.25, 0.3) is 0 Å². The molecule has 106 valence electrons. The SMILES string of the molecule is COc1ccc(NC(C)c2ccc(Cl)c(F)c2)cc1O. The summed E-state index contributed by atoms with van der Waals surface area (Å²) in [5.74, 6) is 0.00289. The molecule has 2 aromatic rings. The molecule has 0 amide bonds. The van der Waals surface area contributed by atoms with Crippen LogP contribution in [0.3, 0.4) is 0 Å². The molecule has 1 unspecified atom stereocenters. The number of aromatic hydroxyl groups is 1. The van der Waals surface area contributed by atoms with Gasteiger partial charge in [0, 0.05) is 17.8 Å². The number of phenolic OH excluding ortho intramolecular Hbond substituents is 1. The molecule has 0 aromatic heterocycles. The zero-order chi connectivity index (χ0) is 14.7. The highest BCUT2D eigenvalue weighted by Crippen LogP contribution is 2.30. The minimum Gasteiger partial charge on any atom is -0.504 e. The molecule has 0 aliphatic carbocycles. The Morgan fingerprint density at radius 2 is 2.00 bits per heavy atom. The van der Waals surface area contributed by atoms with Crippen LogP contribution in [0.15, 0.2) is 36.4 Å². The average molecular weight is 296 g/mol. The lowest BCUT2D eigenvalue weighted by Gasteiger charge is -2.16. The summed E-state index contributed by atoms with van der Waals surface area (Å²) in [5.41, 5.74) is 1.48. The fourth-order valence-electron chi connectivity index (χ4n) is 1.89. The van der Waals surface area contributed by atoms with Gasteiger partial charge in [-0.15, -0.1) is 0 Å². The lowest BCUT2D eigenvalue weighted by Crippen LogP contribution is -2.07. The van der Waals surface area contributed by atoms with Crippen molar-refractivity contribution >= 4 is 17.3 Å². The van der Waals surface area contributed by atoms with E-state index in [0.717, 1.165) is 5.56 Å². The highest BCUT2D eigenvalue weighted by molar-refractivity contribution is 6.30. The maximum atomic E-state index is 13.4. The van der Waals surface area contributed by atoms with Crippen molar-refractivity contribution in [3.63, 3.8) is 0 Å². The fraction of sp³-hybridized carbons (Fsp3) is 0.200. The van der Waals surface area contributed by atoms with Crippen LogP contribution >= 0.6 is 11.6 Å². The molecule has 2 N–H and O–H groups in total. The van der Waals surface area contributed by atoms with Crippen LogP contribution in [0.2, 0.25) is 5.02 Å². The van der Waals surface area contributed by atoms with Crippen molar-refractivity contribution in [1.82, 2.24) is 0 Å². The Morgan fingerprint density at radius 3 is 2.60 bits per heavy atom. The second-order valence-corrected chi connectivity index (χ2v) is 4.83. The molecule has 5 heteroatoms. The summed E-state index contributed by atoms with van der Waals surface area (Å²) < 4.78 is 18.4. The third-order valence-electron chi connectivity index (χ3n) is 3.01. The van der Waals surface area contributed by atoms with Crippen LogP contribution in [-0.4, -0.2) is 12.2 Å². The third kappa shape index (κ3) is 3.14. The zero-order valence-electron chi connectivity index (χ0n) is 11.2. The van der Waals surface area contributed by atoms with E-state index in [1.54, 1.807) is 24.3 Å². The summed E-state index contributed by atoms with van der Waals surface area (Å²) in [6.45, 7) is 1.89. The monoisotopic (exact) mass is 295 g/mol. The van der Waals surface area contributed by atoms with Crippen LogP contribution in [0.5, 0.6) is 11.5 Å². The normalized spacial score (nSPS) is 12.0. The van der Waals surface area contributed by atoms with Crippen molar-refractivity contribution in [1.29, 1.82) is 0 Å². The molecule has 20 heavy (non-hydrogen) atoms. The smallest absolute Gasteiger partial charge is 0.160 e. The van der Waals surface area contributed by atoms with E-state index < -0.39 is 5.82 Å². The molecule has 0 fully saturated rings. The average Bonchev–Trinajstić information content (AvgIpc) is 2.42. The van der Waals surface area contributed by atoms with Gasteiger partial charge in [-0.1, -0.05) is 17.7 Å². The molecule has 0 aliphatic heterocycles. The molecule has 2 rings (SSSR count). The first-order chi connectivity index (χ1) is 9.51. The van der Waals surface area contributed by atoms with Gasteiger partial charge in [0.05, 0.1) is 12.1 Å². The standard InChI is InChI=1S/C15H15ClFNO2/c1-9(10-3-5-12(16)13(17)7-10)18-11-4-6-15(20-2)14(19)8-11/h3-9,18-19H,1-2H3. The maximum absolute atomic E-state index is 13.4. The Bertz CT molecular complexity index is 619. The van der Waals surface area contributed by atoms with Crippen molar-refractivity contribution < 1.29 is 14.2 Å². The molecule has 3 nitrogen and oxygen atoms in total. The van der Waals surface area contributed by atoms with Crippen LogP contribution < -0.4 is 10.1 Å². The van der Waals surface area contributed by atoms with Gasteiger partial charge in [0.1, 0.15) is 5.82 Å². The molecule has 0 spiro atoms. The summed E-state index contributed by atoms with van der Waals surface area (Å²) in [6.07, 6.45) is 0. The van der Waals surface area contributed by atoms with Gasteiger partial charge in [-0.3, -0.25) is 0 Å². The van der Waals surface area contributed by atoms with Gasteiger partial charge in [0.2, 0.25) is 0 Å². The van der Waals surface area contributed by atoms with E-state index in [0.29, 0.717) is 11.4 Å². The van der Waals surface area contributed by atoms with Gasteiger partial charge in [-0.25, -0.2) is 4.39 Å².